The molecule has 2 atom stereocenters. The predicted octanol–water partition coefficient (Wildman–Crippen LogP) is 5.11. The highest BCUT2D eigenvalue weighted by molar-refractivity contribution is 5.82. The van der Waals surface area contributed by atoms with Crippen molar-refractivity contribution >= 4 is 5.78 Å². The summed E-state index contributed by atoms with van der Waals surface area (Å²) >= 11 is 0. The predicted molar refractivity (Wildman–Crippen MR) is 152 cm³/mol. The number of rotatable bonds is 9. The highest BCUT2D eigenvalue weighted by Crippen LogP contribution is 2.39. The van der Waals surface area contributed by atoms with Crippen LogP contribution in [0.1, 0.15) is 36.1 Å². The fraction of sp³-hybridized carbons (Fsp3) is 0.406. The molecule has 7 nitrogen and oxygen atoms in total. The number of ether oxygens (including phenoxy) is 1. The Bertz CT molecular complexity index is 1560. The topological polar surface area (TPSA) is 65.2 Å². The molecule has 0 saturated carbocycles. The lowest BCUT2D eigenvalue weighted by atomic mass is 9.85. The van der Waals surface area contributed by atoms with E-state index < -0.39 is 11.6 Å². The normalized spacial score (nSPS) is 20.3. The Labute approximate surface area is 238 Å². The van der Waals surface area contributed by atoms with Crippen molar-refractivity contribution in [3.8, 4) is 16.9 Å². The molecule has 4 aromatic rings. The molecule has 9 heteroatoms. The number of halogens is 2. The van der Waals surface area contributed by atoms with Gasteiger partial charge in [-0.3, -0.25) is 9.48 Å². The lowest BCUT2D eigenvalue weighted by Crippen LogP contribution is -2.48. The Kier molecular flexibility index (Phi) is 7.34. The van der Waals surface area contributed by atoms with Gasteiger partial charge >= 0.3 is 0 Å². The summed E-state index contributed by atoms with van der Waals surface area (Å²) in [5.41, 5.74) is 5.19. The van der Waals surface area contributed by atoms with Gasteiger partial charge in [0, 0.05) is 62.6 Å². The highest BCUT2D eigenvalue weighted by atomic mass is 19.2. The fourth-order valence-electron chi connectivity index (χ4n) is 6.39. The number of likely N-dealkylation sites (tertiary alicyclic amines) is 1. The van der Waals surface area contributed by atoms with Crippen molar-refractivity contribution in [1.82, 2.24) is 24.5 Å². The van der Waals surface area contributed by atoms with Crippen LogP contribution in [0.25, 0.3) is 16.9 Å². The third kappa shape index (κ3) is 5.61. The van der Waals surface area contributed by atoms with E-state index in [1.807, 2.05) is 55.2 Å². The second-order valence-corrected chi connectivity index (χ2v) is 12.0. The third-order valence-electron chi connectivity index (χ3n) is 8.47. The number of para-hydroxylation sites is 1. The summed E-state index contributed by atoms with van der Waals surface area (Å²) in [5.74, 6) is -1.69. The first-order valence-corrected chi connectivity index (χ1v) is 14.1. The van der Waals surface area contributed by atoms with Gasteiger partial charge in [-0.1, -0.05) is 31.2 Å². The van der Waals surface area contributed by atoms with Crippen LogP contribution in [0.3, 0.4) is 0 Å². The van der Waals surface area contributed by atoms with Gasteiger partial charge in [0.2, 0.25) is 0 Å². The smallest absolute Gasteiger partial charge is 0.159 e. The summed E-state index contributed by atoms with van der Waals surface area (Å²) in [7, 11) is 1.87. The number of carbonyl (C=O) groups excluding carboxylic acids is 1. The number of nitrogens with zero attached hydrogens (tertiary/aromatic N) is 5. The second-order valence-electron chi connectivity index (χ2n) is 12.0. The number of Topliss-reactive ketones (excluding diaryl/α,β-unsaturated/α-hetero) is 1. The quantitative estimate of drug-likeness (QED) is 0.285. The summed E-state index contributed by atoms with van der Waals surface area (Å²) in [6, 6.07) is 14.0. The SMILES string of the molecule is Cc1c(-c2cnn(C)c2)nn(-c2ccccc2)c1CC(=O)C[C@@H]1CN(CC2(C)COC2)C[C@H]1c1ccc(F)c(F)c1. The van der Waals surface area contributed by atoms with Gasteiger partial charge in [0.05, 0.1) is 36.5 Å². The lowest BCUT2D eigenvalue weighted by molar-refractivity contribution is -0.119. The van der Waals surface area contributed by atoms with Crippen LogP contribution < -0.4 is 0 Å². The van der Waals surface area contributed by atoms with E-state index in [0.717, 1.165) is 46.9 Å². The molecular formula is C32H35F2N5O2. The molecule has 2 aromatic heterocycles. The molecule has 4 heterocycles. The van der Waals surface area contributed by atoms with Gasteiger partial charge in [-0.05, 0) is 48.2 Å². The fourth-order valence-corrected chi connectivity index (χ4v) is 6.39. The molecule has 0 amide bonds. The van der Waals surface area contributed by atoms with Crippen LogP contribution in [0.5, 0.6) is 0 Å². The Hall–Kier alpha value is -3.69. The molecular weight excluding hydrogens is 524 g/mol. The number of ketones is 1. The van der Waals surface area contributed by atoms with E-state index in [9.17, 15) is 13.6 Å². The zero-order valence-corrected chi connectivity index (χ0v) is 23.7. The van der Waals surface area contributed by atoms with Gasteiger partial charge in [-0.25, -0.2) is 13.5 Å². The molecule has 6 rings (SSSR count). The number of aromatic nitrogens is 4. The minimum atomic E-state index is -0.857. The number of carbonyl (C=O) groups is 1. The van der Waals surface area contributed by atoms with Gasteiger partial charge in [0.15, 0.2) is 11.6 Å². The largest absolute Gasteiger partial charge is 0.380 e. The monoisotopic (exact) mass is 559 g/mol. The van der Waals surface area contributed by atoms with Crippen molar-refractivity contribution in [2.45, 2.75) is 32.6 Å². The molecule has 2 aromatic carbocycles. The molecule has 0 N–H and O–H groups in total. The third-order valence-corrected chi connectivity index (χ3v) is 8.47. The number of hydrogen-bond donors (Lipinski definition) is 0. The van der Waals surface area contributed by atoms with Gasteiger partial charge in [-0.2, -0.15) is 10.2 Å². The van der Waals surface area contributed by atoms with E-state index in [1.165, 1.54) is 12.1 Å². The molecule has 0 aliphatic carbocycles. The molecule has 0 bridgehead atoms. The van der Waals surface area contributed by atoms with Crippen molar-refractivity contribution in [2.75, 3.05) is 32.8 Å². The standard InChI is InChI=1S/C32H35F2N5O2/c1-21-30(39(25-7-5-4-6-8-25)36-31(21)24-14-35-37(3)15-24)13-26(40)11-23-16-38(18-32(2)19-41-20-32)17-27(23)22-9-10-28(33)29(34)12-22/h4-10,12,14-15,23,27H,11,13,16-20H2,1-3H3/t23-,27+/m1/s1. The number of benzene rings is 2. The number of aryl methyl sites for hydroxylation is 1. The van der Waals surface area contributed by atoms with Crippen LogP contribution in [0.2, 0.25) is 0 Å². The summed E-state index contributed by atoms with van der Waals surface area (Å²) in [6.45, 7) is 7.91. The molecule has 2 saturated heterocycles. The van der Waals surface area contributed by atoms with E-state index in [0.29, 0.717) is 26.2 Å². The molecule has 0 radical (unpaired) electrons. The van der Waals surface area contributed by atoms with E-state index >= 15 is 0 Å². The summed E-state index contributed by atoms with van der Waals surface area (Å²) in [4.78, 5) is 16.1. The first-order chi connectivity index (χ1) is 19.7. The summed E-state index contributed by atoms with van der Waals surface area (Å²) in [5, 5.41) is 9.22. The van der Waals surface area contributed by atoms with Crippen LogP contribution in [-0.4, -0.2) is 63.1 Å². The first-order valence-electron chi connectivity index (χ1n) is 14.1. The van der Waals surface area contributed by atoms with Crippen molar-refractivity contribution < 1.29 is 18.3 Å². The zero-order chi connectivity index (χ0) is 28.7. The van der Waals surface area contributed by atoms with Crippen LogP contribution >= 0.6 is 0 Å². The van der Waals surface area contributed by atoms with Gasteiger partial charge in [-0.15, -0.1) is 0 Å². The molecule has 0 unspecified atom stereocenters. The van der Waals surface area contributed by atoms with Crippen molar-refractivity contribution in [1.29, 1.82) is 0 Å². The van der Waals surface area contributed by atoms with E-state index in [4.69, 9.17) is 9.84 Å². The molecule has 2 aliphatic heterocycles. The molecule has 2 fully saturated rings. The summed E-state index contributed by atoms with van der Waals surface area (Å²) < 4.78 is 37.1. The van der Waals surface area contributed by atoms with Gasteiger partial charge in [0.25, 0.3) is 0 Å². The first kappa shape index (κ1) is 27.5. The minimum Gasteiger partial charge on any atom is -0.380 e. The van der Waals surface area contributed by atoms with Crippen LogP contribution in [0.4, 0.5) is 8.78 Å². The van der Waals surface area contributed by atoms with Crippen molar-refractivity contribution in [3.63, 3.8) is 0 Å². The number of hydrogen-bond acceptors (Lipinski definition) is 5. The van der Waals surface area contributed by atoms with E-state index in [2.05, 4.69) is 16.9 Å². The zero-order valence-electron chi connectivity index (χ0n) is 23.7. The van der Waals surface area contributed by atoms with Crippen LogP contribution in [0, 0.1) is 29.9 Å². The molecule has 41 heavy (non-hydrogen) atoms. The Morgan fingerprint density at radius 3 is 2.54 bits per heavy atom. The maximum absolute atomic E-state index is 14.2. The van der Waals surface area contributed by atoms with E-state index in [-0.39, 0.29) is 29.5 Å². The summed E-state index contributed by atoms with van der Waals surface area (Å²) in [6.07, 6.45) is 4.27. The van der Waals surface area contributed by atoms with Crippen molar-refractivity contribution in [3.05, 3.63) is 89.4 Å². The maximum Gasteiger partial charge on any atom is 0.159 e. The van der Waals surface area contributed by atoms with Crippen molar-refractivity contribution in [2.24, 2.45) is 18.4 Å². The Morgan fingerprint density at radius 2 is 1.88 bits per heavy atom. The Balaban J connectivity index is 1.27. The second kappa shape index (κ2) is 10.9. The van der Waals surface area contributed by atoms with Crippen LogP contribution in [0.15, 0.2) is 60.9 Å². The average Bonchev–Trinajstić information content (AvgIpc) is 3.63. The highest BCUT2D eigenvalue weighted by Gasteiger charge is 2.41. The Morgan fingerprint density at radius 1 is 1.10 bits per heavy atom. The lowest BCUT2D eigenvalue weighted by Gasteiger charge is -2.41. The van der Waals surface area contributed by atoms with Crippen LogP contribution in [-0.2, 0) is 23.0 Å². The van der Waals surface area contributed by atoms with Gasteiger partial charge < -0.3 is 9.64 Å². The average molecular weight is 560 g/mol. The molecule has 0 spiro atoms. The van der Waals surface area contributed by atoms with E-state index in [1.54, 1.807) is 16.9 Å². The minimum absolute atomic E-state index is 0.0110. The molecule has 214 valence electrons. The molecule has 2 aliphatic rings. The van der Waals surface area contributed by atoms with Gasteiger partial charge in [0.1, 0.15) is 5.78 Å². The maximum atomic E-state index is 14.2.